The standard InChI is InChI=1S/C15H11IN4/c1-19-9-12(16)11-8-10(5-6-13(11)19)15-18-17-14-4-2-3-7-20(14)15/h2-9H,1H3. The highest BCUT2D eigenvalue weighted by molar-refractivity contribution is 14.1. The van der Waals surface area contributed by atoms with Crippen molar-refractivity contribution in [3.8, 4) is 11.4 Å². The van der Waals surface area contributed by atoms with Gasteiger partial charge in [0, 0.05) is 39.5 Å². The lowest BCUT2D eigenvalue weighted by atomic mass is 10.1. The molecule has 4 rings (SSSR count). The fourth-order valence-electron chi connectivity index (χ4n) is 2.52. The summed E-state index contributed by atoms with van der Waals surface area (Å²) in [4.78, 5) is 0. The third-order valence-electron chi connectivity index (χ3n) is 3.51. The van der Waals surface area contributed by atoms with Gasteiger partial charge in [-0.05, 0) is 52.9 Å². The van der Waals surface area contributed by atoms with E-state index < -0.39 is 0 Å². The molecule has 1 aromatic carbocycles. The fraction of sp³-hybridized carbons (Fsp3) is 0.0667. The summed E-state index contributed by atoms with van der Waals surface area (Å²) in [7, 11) is 2.07. The minimum Gasteiger partial charge on any atom is -0.349 e. The Morgan fingerprint density at radius 3 is 2.90 bits per heavy atom. The van der Waals surface area contributed by atoms with Gasteiger partial charge in [-0.2, -0.15) is 0 Å². The van der Waals surface area contributed by atoms with E-state index in [1.807, 2.05) is 28.8 Å². The number of aryl methyl sites for hydroxylation is 1. The van der Waals surface area contributed by atoms with Crippen LogP contribution in [0.1, 0.15) is 0 Å². The molecule has 0 aliphatic heterocycles. The normalized spacial score (nSPS) is 11.5. The lowest BCUT2D eigenvalue weighted by molar-refractivity contribution is 0.966. The molecule has 3 heterocycles. The average Bonchev–Trinajstić information content (AvgIpc) is 3.01. The van der Waals surface area contributed by atoms with Crippen LogP contribution in [-0.2, 0) is 7.05 Å². The predicted octanol–water partition coefficient (Wildman–Crippen LogP) is 3.49. The highest BCUT2D eigenvalue weighted by Gasteiger charge is 2.10. The summed E-state index contributed by atoms with van der Waals surface area (Å²) in [5.41, 5.74) is 3.18. The van der Waals surface area contributed by atoms with Gasteiger partial charge in [-0.25, -0.2) is 0 Å². The summed E-state index contributed by atoms with van der Waals surface area (Å²) in [5.74, 6) is 0.877. The minimum atomic E-state index is 0.866. The first kappa shape index (κ1) is 11.9. The molecule has 5 heteroatoms. The van der Waals surface area contributed by atoms with Crippen LogP contribution in [0.2, 0.25) is 0 Å². The van der Waals surface area contributed by atoms with Gasteiger partial charge in [-0.1, -0.05) is 6.07 Å². The van der Waals surface area contributed by atoms with Gasteiger partial charge in [0.2, 0.25) is 0 Å². The quantitative estimate of drug-likeness (QED) is 0.478. The maximum Gasteiger partial charge on any atom is 0.168 e. The van der Waals surface area contributed by atoms with Crippen LogP contribution in [-0.4, -0.2) is 19.2 Å². The van der Waals surface area contributed by atoms with Crippen LogP contribution in [0.25, 0.3) is 27.9 Å². The first-order valence-corrected chi connectivity index (χ1v) is 7.36. The third kappa shape index (κ3) is 1.66. The summed E-state index contributed by atoms with van der Waals surface area (Å²) >= 11 is 2.37. The Bertz CT molecular complexity index is 936. The van der Waals surface area contributed by atoms with Crippen LogP contribution in [0.3, 0.4) is 0 Å². The molecule has 3 aromatic heterocycles. The Hall–Kier alpha value is -1.89. The van der Waals surface area contributed by atoms with Crippen molar-refractivity contribution in [2.75, 3.05) is 0 Å². The van der Waals surface area contributed by atoms with E-state index >= 15 is 0 Å². The summed E-state index contributed by atoms with van der Waals surface area (Å²) in [5, 5.41) is 9.77. The zero-order valence-corrected chi connectivity index (χ0v) is 12.9. The van der Waals surface area contributed by atoms with Gasteiger partial charge < -0.3 is 4.57 Å². The van der Waals surface area contributed by atoms with E-state index in [0.717, 1.165) is 17.0 Å². The highest BCUT2D eigenvalue weighted by Crippen LogP contribution is 2.27. The number of hydrogen-bond acceptors (Lipinski definition) is 2. The molecule has 4 aromatic rings. The van der Waals surface area contributed by atoms with E-state index in [9.17, 15) is 0 Å². The van der Waals surface area contributed by atoms with Gasteiger partial charge >= 0.3 is 0 Å². The number of benzene rings is 1. The smallest absolute Gasteiger partial charge is 0.168 e. The molecule has 0 saturated carbocycles. The molecule has 98 valence electrons. The molecule has 4 nitrogen and oxygen atoms in total. The highest BCUT2D eigenvalue weighted by atomic mass is 127. The molecular formula is C15H11IN4. The number of hydrogen-bond donors (Lipinski definition) is 0. The summed E-state index contributed by atoms with van der Waals surface area (Å²) in [6, 6.07) is 12.3. The maximum atomic E-state index is 4.31. The molecule has 0 bridgehead atoms. The van der Waals surface area contributed by atoms with E-state index in [2.05, 4.69) is 68.8 Å². The maximum absolute atomic E-state index is 4.31. The van der Waals surface area contributed by atoms with Crippen molar-refractivity contribution in [3.63, 3.8) is 0 Å². The molecule has 0 radical (unpaired) electrons. The van der Waals surface area contributed by atoms with E-state index in [1.165, 1.54) is 14.5 Å². The van der Waals surface area contributed by atoms with Gasteiger partial charge in [0.05, 0.1) is 0 Å². The van der Waals surface area contributed by atoms with E-state index in [4.69, 9.17) is 0 Å². The molecule has 0 fully saturated rings. The number of nitrogens with zero attached hydrogens (tertiary/aromatic N) is 4. The first-order valence-electron chi connectivity index (χ1n) is 6.29. The van der Waals surface area contributed by atoms with Gasteiger partial charge in [0.15, 0.2) is 11.5 Å². The topological polar surface area (TPSA) is 35.1 Å². The lowest BCUT2D eigenvalue weighted by Crippen LogP contribution is -1.89. The van der Waals surface area contributed by atoms with Crippen molar-refractivity contribution in [2.24, 2.45) is 7.05 Å². The molecule has 0 aliphatic carbocycles. The SMILES string of the molecule is Cn1cc(I)c2cc(-c3nnc4ccccn34)ccc21. The monoisotopic (exact) mass is 374 g/mol. The van der Waals surface area contributed by atoms with Gasteiger partial charge in [0.25, 0.3) is 0 Å². The van der Waals surface area contributed by atoms with Gasteiger partial charge in [0.1, 0.15) is 0 Å². The molecule has 0 spiro atoms. The van der Waals surface area contributed by atoms with E-state index in [0.29, 0.717) is 0 Å². The first-order chi connectivity index (χ1) is 9.74. The second kappa shape index (κ2) is 4.31. The van der Waals surface area contributed by atoms with Crippen LogP contribution < -0.4 is 0 Å². The predicted molar refractivity (Wildman–Crippen MR) is 87.6 cm³/mol. The average molecular weight is 374 g/mol. The Balaban J connectivity index is 2.00. The second-order valence-corrected chi connectivity index (χ2v) is 5.93. The summed E-state index contributed by atoms with van der Waals surface area (Å²) < 4.78 is 5.40. The number of rotatable bonds is 1. The van der Waals surface area contributed by atoms with Crippen molar-refractivity contribution in [2.45, 2.75) is 0 Å². The van der Waals surface area contributed by atoms with Crippen molar-refractivity contribution < 1.29 is 0 Å². The number of fused-ring (bicyclic) bond motifs is 2. The summed E-state index contributed by atoms with van der Waals surface area (Å²) in [6.45, 7) is 0. The largest absolute Gasteiger partial charge is 0.349 e. The molecule has 0 aliphatic rings. The minimum absolute atomic E-state index is 0.866. The zero-order chi connectivity index (χ0) is 13.7. The van der Waals surface area contributed by atoms with Crippen molar-refractivity contribution in [1.29, 1.82) is 0 Å². The second-order valence-electron chi connectivity index (χ2n) is 4.77. The molecule has 0 unspecified atom stereocenters. The Kier molecular flexibility index (Phi) is 2.56. The fourth-order valence-corrected chi connectivity index (χ4v) is 3.37. The van der Waals surface area contributed by atoms with Gasteiger partial charge in [-0.15, -0.1) is 10.2 Å². The van der Waals surface area contributed by atoms with Gasteiger partial charge in [-0.3, -0.25) is 4.40 Å². The van der Waals surface area contributed by atoms with Crippen LogP contribution in [0, 0.1) is 3.57 Å². The number of aromatic nitrogens is 4. The molecular weight excluding hydrogens is 363 g/mol. The zero-order valence-electron chi connectivity index (χ0n) is 10.8. The van der Waals surface area contributed by atoms with Crippen LogP contribution in [0.5, 0.6) is 0 Å². The Morgan fingerprint density at radius 1 is 1.10 bits per heavy atom. The molecule has 20 heavy (non-hydrogen) atoms. The molecule has 0 amide bonds. The molecule has 0 saturated heterocycles. The van der Waals surface area contributed by atoms with Crippen molar-refractivity contribution >= 4 is 39.1 Å². The Morgan fingerprint density at radius 2 is 2.00 bits per heavy atom. The summed E-state index contributed by atoms with van der Waals surface area (Å²) in [6.07, 6.45) is 4.13. The van der Waals surface area contributed by atoms with Crippen molar-refractivity contribution in [3.05, 3.63) is 52.4 Å². The third-order valence-corrected chi connectivity index (χ3v) is 4.37. The van der Waals surface area contributed by atoms with Crippen LogP contribution in [0.4, 0.5) is 0 Å². The number of pyridine rings is 1. The Labute approximate surface area is 129 Å². The number of halogens is 1. The molecule has 0 N–H and O–H groups in total. The lowest BCUT2D eigenvalue weighted by Gasteiger charge is -2.01. The van der Waals surface area contributed by atoms with E-state index in [1.54, 1.807) is 0 Å². The van der Waals surface area contributed by atoms with Crippen LogP contribution >= 0.6 is 22.6 Å². The molecule has 0 atom stereocenters. The van der Waals surface area contributed by atoms with E-state index in [-0.39, 0.29) is 0 Å². The van der Waals surface area contributed by atoms with Crippen LogP contribution in [0.15, 0.2) is 48.8 Å². The van der Waals surface area contributed by atoms with Crippen molar-refractivity contribution in [1.82, 2.24) is 19.2 Å².